The number of piperidine rings is 1. The summed E-state index contributed by atoms with van der Waals surface area (Å²) in [6.45, 7) is 10.5. The van der Waals surface area contributed by atoms with Crippen molar-refractivity contribution in [3.63, 3.8) is 0 Å². The van der Waals surface area contributed by atoms with Gasteiger partial charge in [-0.3, -0.25) is 4.90 Å². The Labute approximate surface area is 132 Å². The second-order valence-electron chi connectivity index (χ2n) is 6.44. The summed E-state index contributed by atoms with van der Waals surface area (Å²) in [4.78, 5) is 4.82. The van der Waals surface area contributed by atoms with Gasteiger partial charge in [-0.2, -0.15) is 0 Å². The van der Waals surface area contributed by atoms with Crippen LogP contribution in [-0.2, 0) is 11.2 Å². The van der Waals surface area contributed by atoms with E-state index in [2.05, 4.69) is 33.8 Å². The predicted molar refractivity (Wildman–Crippen MR) is 85.1 cm³/mol. The summed E-state index contributed by atoms with van der Waals surface area (Å²) in [6.07, 6.45) is 4.31. The van der Waals surface area contributed by atoms with Gasteiger partial charge >= 0.3 is 6.01 Å². The molecule has 0 saturated carbocycles. The molecule has 2 aliphatic heterocycles. The van der Waals surface area contributed by atoms with E-state index in [1.54, 1.807) is 0 Å². The molecule has 6 nitrogen and oxygen atoms in total. The number of nitrogens with zero attached hydrogens (tertiary/aromatic N) is 4. The van der Waals surface area contributed by atoms with Crippen molar-refractivity contribution in [3.8, 4) is 0 Å². The molecule has 124 valence electrons. The maximum Gasteiger partial charge on any atom is 0.318 e. The third-order valence-corrected chi connectivity index (χ3v) is 5.03. The van der Waals surface area contributed by atoms with Crippen LogP contribution in [0.4, 0.5) is 6.01 Å². The molecule has 1 aromatic heterocycles. The first-order valence-corrected chi connectivity index (χ1v) is 8.67. The number of aromatic nitrogens is 2. The molecule has 0 spiro atoms. The lowest BCUT2D eigenvalue weighted by atomic mass is 9.89. The maximum atomic E-state index is 5.75. The first kappa shape index (κ1) is 15.7. The Morgan fingerprint density at radius 3 is 2.55 bits per heavy atom. The van der Waals surface area contributed by atoms with Crippen LogP contribution in [0, 0.1) is 5.92 Å². The minimum absolute atomic E-state index is 0.643. The minimum Gasteiger partial charge on any atom is -0.408 e. The minimum atomic E-state index is 0.643. The number of aryl methyl sites for hydroxylation is 1. The number of rotatable bonds is 5. The molecule has 2 fully saturated rings. The summed E-state index contributed by atoms with van der Waals surface area (Å²) in [5.41, 5.74) is 0. The van der Waals surface area contributed by atoms with Gasteiger partial charge in [-0.1, -0.05) is 12.0 Å². The van der Waals surface area contributed by atoms with Crippen molar-refractivity contribution in [3.05, 3.63) is 5.89 Å². The molecule has 1 aromatic rings. The van der Waals surface area contributed by atoms with Crippen LogP contribution in [0.1, 0.15) is 39.0 Å². The van der Waals surface area contributed by atoms with E-state index >= 15 is 0 Å². The fourth-order valence-electron chi connectivity index (χ4n) is 3.54. The number of morpholine rings is 1. The summed E-state index contributed by atoms with van der Waals surface area (Å²) in [7, 11) is 0. The Hall–Kier alpha value is -1.14. The summed E-state index contributed by atoms with van der Waals surface area (Å²) in [6, 6.07) is 1.35. The lowest BCUT2D eigenvalue weighted by Crippen LogP contribution is -2.48. The van der Waals surface area contributed by atoms with Crippen molar-refractivity contribution in [1.29, 1.82) is 0 Å². The second-order valence-corrected chi connectivity index (χ2v) is 6.44. The van der Waals surface area contributed by atoms with Crippen LogP contribution in [-0.4, -0.2) is 60.5 Å². The molecule has 0 aliphatic carbocycles. The molecule has 3 rings (SSSR count). The van der Waals surface area contributed by atoms with E-state index in [1.807, 2.05) is 0 Å². The van der Waals surface area contributed by atoms with Crippen LogP contribution in [0.25, 0.3) is 0 Å². The van der Waals surface area contributed by atoms with Crippen molar-refractivity contribution in [2.24, 2.45) is 5.92 Å². The van der Waals surface area contributed by atoms with Gasteiger partial charge in [-0.25, -0.2) is 0 Å². The van der Waals surface area contributed by atoms with Gasteiger partial charge in [0.2, 0.25) is 5.89 Å². The van der Waals surface area contributed by atoms with Gasteiger partial charge < -0.3 is 14.1 Å². The maximum absolute atomic E-state index is 5.75. The van der Waals surface area contributed by atoms with E-state index < -0.39 is 0 Å². The van der Waals surface area contributed by atoms with E-state index in [0.717, 1.165) is 64.0 Å². The largest absolute Gasteiger partial charge is 0.408 e. The van der Waals surface area contributed by atoms with Crippen LogP contribution < -0.4 is 4.90 Å². The molecule has 0 aromatic carbocycles. The third kappa shape index (κ3) is 3.60. The third-order valence-electron chi connectivity index (χ3n) is 5.03. The zero-order chi connectivity index (χ0) is 15.4. The van der Waals surface area contributed by atoms with Crippen LogP contribution in [0.15, 0.2) is 4.42 Å². The van der Waals surface area contributed by atoms with Gasteiger partial charge in [-0.15, -0.1) is 5.10 Å². The molecule has 2 saturated heterocycles. The Balaban J connectivity index is 1.50. The van der Waals surface area contributed by atoms with Crippen molar-refractivity contribution in [1.82, 2.24) is 15.1 Å². The van der Waals surface area contributed by atoms with E-state index in [9.17, 15) is 0 Å². The average molecular weight is 308 g/mol. The lowest BCUT2D eigenvalue weighted by molar-refractivity contribution is 0.00440. The van der Waals surface area contributed by atoms with Crippen LogP contribution in [0.5, 0.6) is 0 Å². The summed E-state index contributed by atoms with van der Waals surface area (Å²) >= 11 is 0. The Kier molecular flexibility index (Phi) is 5.31. The van der Waals surface area contributed by atoms with Gasteiger partial charge in [0.05, 0.1) is 13.2 Å². The highest BCUT2D eigenvalue weighted by Gasteiger charge is 2.29. The molecule has 1 atom stereocenters. The smallest absolute Gasteiger partial charge is 0.318 e. The summed E-state index contributed by atoms with van der Waals surface area (Å²) in [5, 5.41) is 8.33. The summed E-state index contributed by atoms with van der Waals surface area (Å²) in [5.74, 6) is 1.52. The normalized spacial score (nSPS) is 22.9. The Morgan fingerprint density at radius 1 is 1.14 bits per heavy atom. The molecule has 6 heteroatoms. The molecule has 0 N–H and O–H groups in total. The van der Waals surface area contributed by atoms with Gasteiger partial charge in [-0.05, 0) is 32.1 Å². The zero-order valence-corrected chi connectivity index (χ0v) is 13.8. The SMILES string of the molecule is CCCc1nnc(N2CCC([C@@H](C)N3CCOCC3)CC2)o1. The highest BCUT2D eigenvalue weighted by Crippen LogP contribution is 2.27. The zero-order valence-electron chi connectivity index (χ0n) is 13.8. The van der Waals surface area contributed by atoms with E-state index in [1.165, 1.54) is 12.8 Å². The van der Waals surface area contributed by atoms with Crippen molar-refractivity contribution >= 4 is 6.01 Å². The number of hydrogen-bond acceptors (Lipinski definition) is 6. The van der Waals surface area contributed by atoms with E-state index in [-0.39, 0.29) is 0 Å². The second kappa shape index (κ2) is 7.42. The topological polar surface area (TPSA) is 54.6 Å². The highest BCUT2D eigenvalue weighted by molar-refractivity contribution is 5.25. The van der Waals surface area contributed by atoms with Gasteiger partial charge in [0.15, 0.2) is 0 Å². The van der Waals surface area contributed by atoms with Crippen molar-refractivity contribution < 1.29 is 9.15 Å². The highest BCUT2D eigenvalue weighted by atomic mass is 16.5. The fraction of sp³-hybridized carbons (Fsp3) is 0.875. The van der Waals surface area contributed by atoms with Crippen LogP contribution in [0.2, 0.25) is 0 Å². The molecule has 22 heavy (non-hydrogen) atoms. The first-order chi connectivity index (χ1) is 10.8. The molecule has 3 heterocycles. The lowest BCUT2D eigenvalue weighted by Gasteiger charge is -2.40. The molecule has 0 radical (unpaired) electrons. The van der Waals surface area contributed by atoms with Gasteiger partial charge in [0, 0.05) is 38.6 Å². The van der Waals surface area contributed by atoms with Crippen molar-refractivity contribution in [2.45, 2.75) is 45.6 Å². The monoisotopic (exact) mass is 308 g/mol. The Morgan fingerprint density at radius 2 is 1.86 bits per heavy atom. The van der Waals surface area contributed by atoms with Crippen molar-refractivity contribution in [2.75, 3.05) is 44.3 Å². The molecule has 2 aliphatic rings. The first-order valence-electron chi connectivity index (χ1n) is 8.67. The number of anilines is 1. The number of hydrogen-bond donors (Lipinski definition) is 0. The van der Waals surface area contributed by atoms with Gasteiger partial charge in [0.25, 0.3) is 0 Å². The van der Waals surface area contributed by atoms with Crippen LogP contribution in [0.3, 0.4) is 0 Å². The predicted octanol–water partition coefficient (Wildman–Crippen LogP) is 1.96. The number of ether oxygens (including phenoxy) is 1. The quantitative estimate of drug-likeness (QED) is 0.829. The molecular formula is C16H28N4O2. The Bertz CT molecular complexity index is 451. The van der Waals surface area contributed by atoms with E-state index in [0.29, 0.717) is 12.1 Å². The molecule has 0 amide bonds. The molecule has 0 bridgehead atoms. The molecule has 0 unspecified atom stereocenters. The molecular weight excluding hydrogens is 280 g/mol. The average Bonchev–Trinajstić information content (AvgIpc) is 3.04. The van der Waals surface area contributed by atoms with Crippen LogP contribution >= 0.6 is 0 Å². The standard InChI is InChI=1S/C16H28N4O2/c1-3-4-15-17-18-16(22-15)20-7-5-14(6-8-20)13(2)19-9-11-21-12-10-19/h13-14H,3-12H2,1-2H3/t13-/m1/s1. The van der Waals surface area contributed by atoms with E-state index in [4.69, 9.17) is 9.15 Å². The van der Waals surface area contributed by atoms with Gasteiger partial charge in [0.1, 0.15) is 0 Å². The fourth-order valence-corrected chi connectivity index (χ4v) is 3.54. The summed E-state index contributed by atoms with van der Waals surface area (Å²) < 4.78 is 11.2.